The number of esters is 1. The van der Waals surface area contributed by atoms with Crippen molar-refractivity contribution in [2.45, 2.75) is 31.7 Å². The van der Waals surface area contributed by atoms with Crippen molar-refractivity contribution >= 4 is 17.3 Å². The molecule has 2 N–H and O–H groups in total. The first-order valence-corrected chi connectivity index (χ1v) is 6.93. The Bertz CT molecular complexity index is 493. The first-order valence-electron chi connectivity index (χ1n) is 6.93. The molecule has 3 rings (SSSR count). The third-order valence-corrected chi connectivity index (χ3v) is 3.90. The zero-order chi connectivity index (χ0) is 13.4. The summed E-state index contributed by atoms with van der Waals surface area (Å²) in [5, 5.41) is 0. The van der Waals surface area contributed by atoms with Gasteiger partial charge < -0.3 is 15.4 Å². The first-order chi connectivity index (χ1) is 9.19. The number of hydrogen-bond donors (Lipinski definition) is 1. The van der Waals surface area contributed by atoms with Gasteiger partial charge in [-0.25, -0.2) is 4.79 Å². The summed E-state index contributed by atoms with van der Waals surface area (Å²) < 4.78 is 4.72. The third kappa shape index (κ3) is 2.67. The number of methoxy groups -OCH3 is 1. The smallest absolute Gasteiger partial charge is 0.337 e. The second-order valence-electron chi connectivity index (χ2n) is 5.59. The molecule has 0 bridgehead atoms. The molecular weight excluding hydrogens is 240 g/mol. The largest absolute Gasteiger partial charge is 0.465 e. The van der Waals surface area contributed by atoms with Gasteiger partial charge in [-0.2, -0.15) is 0 Å². The number of carbonyl (C=O) groups is 1. The van der Waals surface area contributed by atoms with Gasteiger partial charge in [0, 0.05) is 12.6 Å². The average Bonchev–Trinajstić information content (AvgIpc) is 3.28. The average molecular weight is 260 g/mol. The van der Waals surface area contributed by atoms with Crippen molar-refractivity contribution in [2.24, 2.45) is 5.92 Å². The standard InChI is InChI=1S/C15H20N2O2/c1-19-15(18)11-4-7-14(13(16)8-11)17(12-5-6-12)9-10-2-3-10/h4,7-8,10,12H,2-3,5-6,9,16H2,1H3. The summed E-state index contributed by atoms with van der Waals surface area (Å²) in [5.74, 6) is 0.499. The molecule has 2 aliphatic rings. The van der Waals surface area contributed by atoms with Gasteiger partial charge in [0.15, 0.2) is 0 Å². The van der Waals surface area contributed by atoms with E-state index in [1.165, 1.54) is 32.8 Å². The fourth-order valence-electron chi connectivity index (χ4n) is 2.47. The Balaban J connectivity index is 1.83. The van der Waals surface area contributed by atoms with E-state index in [0.717, 1.165) is 18.2 Å². The predicted molar refractivity (Wildman–Crippen MR) is 75.3 cm³/mol. The van der Waals surface area contributed by atoms with Crippen LogP contribution in [0, 0.1) is 5.92 Å². The van der Waals surface area contributed by atoms with Crippen LogP contribution >= 0.6 is 0 Å². The molecule has 1 aromatic rings. The van der Waals surface area contributed by atoms with Gasteiger partial charge >= 0.3 is 5.97 Å². The summed E-state index contributed by atoms with van der Waals surface area (Å²) in [6, 6.07) is 6.14. The van der Waals surface area contributed by atoms with Crippen molar-refractivity contribution in [3.05, 3.63) is 23.8 Å². The van der Waals surface area contributed by atoms with Crippen molar-refractivity contribution in [2.75, 3.05) is 24.3 Å². The minimum absolute atomic E-state index is 0.335. The minimum atomic E-state index is -0.335. The van der Waals surface area contributed by atoms with Crippen LogP contribution in [0.4, 0.5) is 11.4 Å². The lowest BCUT2D eigenvalue weighted by Gasteiger charge is -2.26. The number of ether oxygens (including phenoxy) is 1. The van der Waals surface area contributed by atoms with Crippen LogP contribution in [0.3, 0.4) is 0 Å². The van der Waals surface area contributed by atoms with E-state index in [1.807, 2.05) is 6.07 Å². The van der Waals surface area contributed by atoms with Crippen LogP contribution in [0.15, 0.2) is 18.2 Å². The van der Waals surface area contributed by atoms with E-state index in [-0.39, 0.29) is 5.97 Å². The zero-order valence-electron chi connectivity index (χ0n) is 11.3. The second-order valence-corrected chi connectivity index (χ2v) is 5.59. The summed E-state index contributed by atoms with van der Waals surface area (Å²) in [4.78, 5) is 13.9. The van der Waals surface area contributed by atoms with Crippen LogP contribution in [0.25, 0.3) is 0 Å². The number of carbonyl (C=O) groups excluding carboxylic acids is 1. The highest BCUT2D eigenvalue weighted by Crippen LogP contribution is 2.39. The summed E-state index contributed by atoms with van der Waals surface area (Å²) in [6.07, 6.45) is 5.18. The molecule has 0 heterocycles. The van der Waals surface area contributed by atoms with Crippen molar-refractivity contribution in [1.29, 1.82) is 0 Å². The quantitative estimate of drug-likeness (QED) is 0.652. The fourth-order valence-corrected chi connectivity index (χ4v) is 2.47. The van der Waals surface area contributed by atoms with E-state index in [4.69, 9.17) is 10.5 Å². The van der Waals surface area contributed by atoms with Crippen LogP contribution in [0.5, 0.6) is 0 Å². The Morgan fingerprint density at radius 3 is 2.63 bits per heavy atom. The molecule has 0 unspecified atom stereocenters. The van der Waals surface area contributed by atoms with E-state index in [2.05, 4.69) is 4.90 Å². The monoisotopic (exact) mass is 260 g/mol. The van der Waals surface area contributed by atoms with Gasteiger partial charge in [0.05, 0.1) is 24.0 Å². The fraction of sp³-hybridized carbons (Fsp3) is 0.533. The van der Waals surface area contributed by atoms with E-state index in [1.54, 1.807) is 12.1 Å². The molecule has 0 aliphatic heterocycles. The lowest BCUT2D eigenvalue weighted by molar-refractivity contribution is 0.0601. The van der Waals surface area contributed by atoms with E-state index >= 15 is 0 Å². The van der Waals surface area contributed by atoms with Crippen LogP contribution in [-0.4, -0.2) is 25.7 Å². The van der Waals surface area contributed by atoms with Gasteiger partial charge in [0.2, 0.25) is 0 Å². The van der Waals surface area contributed by atoms with Crippen molar-refractivity contribution in [3.63, 3.8) is 0 Å². The molecule has 0 saturated heterocycles. The second kappa shape index (κ2) is 4.76. The lowest BCUT2D eigenvalue weighted by atomic mass is 10.1. The Labute approximate surface area is 113 Å². The highest BCUT2D eigenvalue weighted by molar-refractivity contribution is 5.92. The van der Waals surface area contributed by atoms with Gasteiger partial charge in [-0.3, -0.25) is 0 Å². The Morgan fingerprint density at radius 1 is 1.37 bits per heavy atom. The summed E-state index contributed by atoms with van der Waals surface area (Å²) in [5.41, 5.74) is 8.39. The molecule has 1 aromatic carbocycles. The maximum Gasteiger partial charge on any atom is 0.337 e. The number of benzene rings is 1. The molecule has 102 valence electrons. The van der Waals surface area contributed by atoms with Gasteiger partial charge in [0.25, 0.3) is 0 Å². The molecule has 2 aliphatic carbocycles. The number of hydrogen-bond acceptors (Lipinski definition) is 4. The number of anilines is 2. The molecule has 2 saturated carbocycles. The molecule has 0 aromatic heterocycles. The van der Waals surface area contributed by atoms with Crippen molar-refractivity contribution in [1.82, 2.24) is 0 Å². The van der Waals surface area contributed by atoms with Crippen LogP contribution in [-0.2, 0) is 4.74 Å². The van der Waals surface area contributed by atoms with Gasteiger partial charge in [-0.15, -0.1) is 0 Å². The molecule has 0 atom stereocenters. The van der Waals surface area contributed by atoms with Gasteiger partial charge in [-0.1, -0.05) is 0 Å². The summed E-state index contributed by atoms with van der Waals surface area (Å²) >= 11 is 0. The Morgan fingerprint density at radius 2 is 2.11 bits per heavy atom. The van der Waals surface area contributed by atoms with Crippen LogP contribution in [0.2, 0.25) is 0 Å². The first kappa shape index (κ1) is 12.3. The van der Waals surface area contributed by atoms with Gasteiger partial charge in [0.1, 0.15) is 0 Å². The molecule has 2 fully saturated rings. The van der Waals surface area contributed by atoms with Crippen molar-refractivity contribution in [3.8, 4) is 0 Å². The molecular formula is C15H20N2O2. The topological polar surface area (TPSA) is 55.6 Å². The number of nitrogens with zero attached hydrogens (tertiary/aromatic N) is 1. The maximum atomic E-state index is 11.5. The van der Waals surface area contributed by atoms with Crippen molar-refractivity contribution < 1.29 is 9.53 Å². The Hall–Kier alpha value is -1.71. The van der Waals surface area contributed by atoms with Crippen LogP contribution < -0.4 is 10.6 Å². The molecule has 4 nitrogen and oxygen atoms in total. The van der Waals surface area contributed by atoms with E-state index in [9.17, 15) is 4.79 Å². The molecule has 4 heteroatoms. The number of rotatable bonds is 5. The molecule has 0 amide bonds. The normalized spacial score (nSPS) is 18.2. The maximum absolute atomic E-state index is 11.5. The molecule has 0 spiro atoms. The minimum Gasteiger partial charge on any atom is -0.465 e. The lowest BCUT2D eigenvalue weighted by Crippen LogP contribution is -2.28. The van der Waals surface area contributed by atoms with Gasteiger partial charge in [-0.05, 0) is 49.8 Å². The number of nitrogens with two attached hydrogens (primary N) is 1. The summed E-state index contributed by atoms with van der Waals surface area (Å²) in [7, 11) is 1.38. The summed E-state index contributed by atoms with van der Waals surface area (Å²) in [6.45, 7) is 1.10. The van der Waals surface area contributed by atoms with E-state index in [0.29, 0.717) is 17.3 Å². The highest BCUT2D eigenvalue weighted by atomic mass is 16.5. The Kier molecular flexibility index (Phi) is 3.09. The zero-order valence-corrected chi connectivity index (χ0v) is 11.3. The molecule has 0 radical (unpaired) electrons. The molecule has 19 heavy (non-hydrogen) atoms. The van der Waals surface area contributed by atoms with E-state index < -0.39 is 0 Å². The highest BCUT2D eigenvalue weighted by Gasteiger charge is 2.34. The SMILES string of the molecule is COC(=O)c1ccc(N(CC2CC2)C2CC2)c(N)c1. The van der Waals surface area contributed by atoms with Crippen LogP contribution in [0.1, 0.15) is 36.0 Å². The third-order valence-electron chi connectivity index (χ3n) is 3.90. The predicted octanol–water partition coefficient (Wildman–Crippen LogP) is 2.43. The number of nitrogen functional groups attached to an aromatic ring is 1.